The Kier molecular flexibility index (Phi) is 5.32. The molecular weight excluding hydrogens is 346 g/mol. The van der Waals surface area contributed by atoms with Gasteiger partial charge in [-0.2, -0.15) is 0 Å². The second-order valence-corrected chi connectivity index (χ2v) is 7.49. The van der Waals surface area contributed by atoms with Crippen LogP contribution in [0.5, 0.6) is 0 Å². The van der Waals surface area contributed by atoms with Crippen LogP contribution in [0.4, 0.5) is 0 Å². The Labute approximate surface area is 157 Å². The van der Waals surface area contributed by atoms with Gasteiger partial charge in [0.15, 0.2) is 0 Å². The summed E-state index contributed by atoms with van der Waals surface area (Å²) in [4.78, 5) is 40.5. The second kappa shape index (κ2) is 7.52. The lowest BCUT2D eigenvalue weighted by Crippen LogP contribution is -2.53. The Morgan fingerprint density at radius 1 is 1.30 bits per heavy atom. The Bertz CT molecular complexity index is 930. The average Bonchev–Trinajstić information content (AvgIpc) is 2.64. The van der Waals surface area contributed by atoms with E-state index in [9.17, 15) is 19.5 Å². The summed E-state index contributed by atoms with van der Waals surface area (Å²) in [5.74, 6) is -0.260. The minimum atomic E-state index is -0.846. The molecule has 0 bridgehead atoms. The molecule has 144 valence electrons. The fourth-order valence-corrected chi connectivity index (χ4v) is 3.55. The van der Waals surface area contributed by atoms with E-state index in [-0.39, 0.29) is 23.8 Å². The number of hydrogen-bond donors (Lipinski definition) is 2. The molecule has 0 radical (unpaired) electrons. The van der Waals surface area contributed by atoms with E-state index in [1.54, 1.807) is 4.90 Å². The number of carbonyl (C=O) groups excluding carboxylic acids is 1. The standard InChI is InChI=1S/C20H25N3O4/c1-20(27)8-9-23(13-16(20)10-14-6-4-3-5-7-14)17(24)11-15-12-21-19(26)22(2)18(15)25/h3-7,12,16,27H,8-11,13H2,1-2H3,(H,21,26)/t16-,20+/m0/s1. The number of aromatic nitrogens is 2. The van der Waals surface area contributed by atoms with E-state index < -0.39 is 16.9 Å². The van der Waals surface area contributed by atoms with Gasteiger partial charge in [0.1, 0.15) is 0 Å². The van der Waals surface area contributed by atoms with Crippen molar-refractivity contribution < 1.29 is 9.90 Å². The number of piperidine rings is 1. The zero-order chi connectivity index (χ0) is 19.6. The van der Waals surface area contributed by atoms with Gasteiger partial charge in [0, 0.05) is 37.8 Å². The molecule has 7 heteroatoms. The van der Waals surface area contributed by atoms with Crippen LogP contribution in [0.1, 0.15) is 24.5 Å². The molecule has 1 aliphatic rings. The van der Waals surface area contributed by atoms with Crippen LogP contribution in [0.2, 0.25) is 0 Å². The molecule has 1 aromatic heterocycles. The molecule has 2 N–H and O–H groups in total. The van der Waals surface area contributed by atoms with Crippen molar-refractivity contribution in [2.75, 3.05) is 13.1 Å². The van der Waals surface area contributed by atoms with Crippen molar-refractivity contribution in [2.24, 2.45) is 13.0 Å². The average molecular weight is 371 g/mol. The SMILES string of the molecule is Cn1c(=O)[nH]cc(CC(=O)N2CC[C@@](C)(O)[C@@H](Cc3ccccc3)C2)c1=O. The van der Waals surface area contributed by atoms with Crippen LogP contribution in [0.3, 0.4) is 0 Å². The number of carbonyl (C=O) groups is 1. The highest BCUT2D eigenvalue weighted by Gasteiger charge is 2.38. The fraction of sp³-hybridized carbons (Fsp3) is 0.450. The molecule has 0 aliphatic carbocycles. The maximum absolute atomic E-state index is 12.7. The molecule has 0 unspecified atom stereocenters. The number of likely N-dealkylation sites (tertiary alicyclic amines) is 1. The van der Waals surface area contributed by atoms with E-state index >= 15 is 0 Å². The highest BCUT2D eigenvalue weighted by atomic mass is 16.3. The molecule has 1 aromatic carbocycles. The molecule has 0 spiro atoms. The highest BCUT2D eigenvalue weighted by Crippen LogP contribution is 2.30. The van der Waals surface area contributed by atoms with Crippen LogP contribution in [-0.2, 0) is 24.7 Å². The van der Waals surface area contributed by atoms with Crippen molar-refractivity contribution in [2.45, 2.75) is 31.8 Å². The van der Waals surface area contributed by atoms with Gasteiger partial charge in [0.25, 0.3) is 5.56 Å². The predicted octanol–water partition coefficient (Wildman–Crippen LogP) is 0.458. The zero-order valence-corrected chi connectivity index (χ0v) is 15.6. The smallest absolute Gasteiger partial charge is 0.328 e. The molecule has 2 aromatic rings. The highest BCUT2D eigenvalue weighted by molar-refractivity contribution is 5.78. The van der Waals surface area contributed by atoms with E-state index in [2.05, 4.69) is 4.98 Å². The number of amides is 1. The van der Waals surface area contributed by atoms with Gasteiger partial charge >= 0.3 is 5.69 Å². The van der Waals surface area contributed by atoms with Crippen molar-refractivity contribution in [1.82, 2.24) is 14.5 Å². The molecule has 0 saturated carbocycles. The Hall–Kier alpha value is -2.67. The maximum Gasteiger partial charge on any atom is 0.328 e. The zero-order valence-electron chi connectivity index (χ0n) is 15.6. The van der Waals surface area contributed by atoms with Gasteiger partial charge in [0.2, 0.25) is 5.91 Å². The van der Waals surface area contributed by atoms with Gasteiger partial charge in [-0.1, -0.05) is 30.3 Å². The lowest BCUT2D eigenvalue weighted by Gasteiger charge is -2.43. The monoisotopic (exact) mass is 371 g/mol. The summed E-state index contributed by atoms with van der Waals surface area (Å²) in [5.41, 5.74) is -0.434. The van der Waals surface area contributed by atoms with Crippen molar-refractivity contribution >= 4 is 5.91 Å². The molecule has 7 nitrogen and oxygen atoms in total. The molecule has 2 heterocycles. The number of nitrogens with zero attached hydrogens (tertiary/aromatic N) is 2. The van der Waals surface area contributed by atoms with Gasteiger partial charge in [-0.25, -0.2) is 4.79 Å². The first kappa shape index (κ1) is 19.1. The van der Waals surface area contributed by atoms with E-state index in [4.69, 9.17) is 0 Å². The van der Waals surface area contributed by atoms with E-state index in [1.165, 1.54) is 13.2 Å². The first-order chi connectivity index (χ1) is 12.8. The van der Waals surface area contributed by atoms with Gasteiger partial charge in [0.05, 0.1) is 12.0 Å². The van der Waals surface area contributed by atoms with Crippen molar-refractivity contribution in [3.8, 4) is 0 Å². The fourth-order valence-electron chi connectivity index (χ4n) is 3.55. The molecule has 2 atom stereocenters. The van der Waals surface area contributed by atoms with Crippen LogP contribution in [0, 0.1) is 5.92 Å². The van der Waals surface area contributed by atoms with Crippen LogP contribution in [-0.4, -0.2) is 44.2 Å². The van der Waals surface area contributed by atoms with Crippen molar-refractivity contribution in [1.29, 1.82) is 0 Å². The maximum atomic E-state index is 12.7. The third-order valence-corrected chi connectivity index (χ3v) is 5.48. The molecular formula is C20H25N3O4. The first-order valence-corrected chi connectivity index (χ1v) is 9.09. The molecule has 27 heavy (non-hydrogen) atoms. The Morgan fingerprint density at radius 2 is 2.00 bits per heavy atom. The Morgan fingerprint density at radius 3 is 2.70 bits per heavy atom. The van der Waals surface area contributed by atoms with Gasteiger partial charge in [-0.05, 0) is 25.3 Å². The van der Waals surface area contributed by atoms with E-state index in [0.717, 1.165) is 10.1 Å². The molecule has 1 fully saturated rings. The number of H-pyrrole nitrogens is 1. The van der Waals surface area contributed by atoms with Gasteiger partial charge < -0.3 is 15.0 Å². The summed E-state index contributed by atoms with van der Waals surface area (Å²) < 4.78 is 0.960. The topological polar surface area (TPSA) is 95.4 Å². The second-order valence-electron chi connectivity index (χ2n) is 7.49. The number of aromatic amines is 1. The van der Waals surface area contributed by atoms with E-state index in [1.807, 2.05) is 37.3 Å². The number of aliphatic hydroxyl groups is 1. The molecule has 1 amide bonds. The van der Waals surface area contributed by atoms with E-state index in [0.29, 0.717) is 25.9 Å². The largest absolute Gasteiger partial charge is 0.390 e. The third-order valence-electron chi connectivity index (χ3n) is 5.48. The summed E-state index contributed by atoms with van der Waals surface area (Å²) in [6, 6.07) is 9.90. The summed E-state index contributed by atoms with van der Waals surface area (Å²) in [6.07, 6.45) is 2.41. The minimum absolute atomic E-state index is 0.0658. The van der Waals surface area contributed by atoms with Crippen molar-refractivity contribution in [3.05, 3.63) is 68.5 Å². The number of benzene rings is 1. The minimum Gasteiger partial charge on any atom is -0.390 e. The van der Waals surface area contributed by atoms with Gasteiger partial charge in [-0.15, -0.1) is 0 Å². The number of rotatable bonds is 4. The van der Waals surface area contributed by atoms with Gasteiger partial charge in [-0.3, -0.25) is 14.2 Å². The van der Waals surface area contributed by atoms with Crippen molar-refractivity contribution in [3.63, 3.8) is 0 Å². The van der Waals surface area contributed by atoms with Crippen LogP contribution >= 0.6 is 0 Å². The molecule has 1 aliphatic heterocycles. The molecule has 3 rings (SSSR count). The summed E-state index contributed by atoms with van der Waals surface area (Å²) >= 11 is 0. The number of hydrogen-bond acceptors (Lipinski definition) is 4. The summed E-state index contributed by atoms with van der Waals surface area (Å²) in [5, 5.41) is 10.8. The summed E-state index contributed by atoms with van der Waals surface area (Å²) in [6.45, 7) is 2.70. The first-order valence-electron chi connectivity index (χ1n) is 9.09. The predicted molar refractivity (Wildman–Crippen MR) is 101 cm³/mol. The quantitative estimate of drug-likeness (QED) is 0.816. The Balaban J connectivity index is 1.73. The van der Waals surface area contributed by atoms with Crippen LogP contribution < -0.4 is 11.2 Å². The van der Waals surface area contributed by atoms with Crippen LogP contribution in [0.25, 0.3) is 0 Å². The lowest BCUT2D eigenvalue weighted by molar-refractivity contribution is -0.138. The number of nitrogens with one attached hydrogen (secondary N) is 1. The summed E-state index contributed by atoms with van der Waals surface area (Å²) in [7, 11) is 1.38. The normalized spacial score (nSPS) is 22.6. The van der Waals surface area contributed by atoms with Crippen LogP contribution in [0.15, 0.2) is 46.1 Å². The molecule has 1 saturated heterocycles. The third kappa shape index (κ3) is 4.19. The lowest BCUT2D eigenvalue weighted by atomic mass is 9.78.